The number of hydrogen-bond acceptors (Lipinski definition) is 6. The van der Waals surface area contributed by atoms with Gasteiger partial charge in [0.15, 0.2) is 4.32 Å². The van der Waals surface area contributed by atoms with E-state index in [9.17, 15) is 4.79 Å². The van der Waals surface area contributed by atoms with E-state index >= 15 is 0 Å². The smallest absolute Gasteiger partial charge is 0.270 e. The van der Waals surface area contributed by atoms with Gasteiger partial charge >= 0.3 is 0 Å². The van der Waals surface area contributed by atoms with Crippen LogP contribution in [0.25, 0.3) is 6.08 Å². The first-order chi connectivity index (χ1) is 17.0. The van der Waals surface area contributed by atoms with Crippen LogP contribution in [-0.4, -0.2) is 30.4 Å². The van der Waals surface area contributed by atoms with Gasteiger partial charge in [-0.25, -0.2) is 0 Å². The second-order valence-corrected chi connectivity index (χ2v) is 9.53. The minimum Gasteiger partial charge on any atom is -0.495 e. The lowest BCUT2D eigenvalue weighted by molar-refractivity contribution is -0.113. The minimum atomic E-state index is -0.175. The first-order valence-electron chi connectivity index (χ1n) is 11.5. The van der Waals surface area contributed by atoms with E-state index in [0.29, 0.717) is 27.3 Å². The standard InChI is InChI=1S/C28H28N2O3S2/c1-4-29(5-2)22-16-15-21(25(18-22)33-19-20-11-7-6-8-12-20)17-26-27(31)30(28(34)35-26)23-13-9-10-14-24(23)32-3/h6-18H,4-5,19H2,1-3H3/b26-17+. The van der Waals surface area contributed by atoms with Crippen molar-refractivity contribution < 1.29 is 14.3 Å². The summed E-state index contributed by atoms with van der Waals surface area (Å²) in [6.07, 6.45) is 1.86. The molecule has 0 unspecified atom stereocenters. The Balaban J connectivity index is 1.68. The number of amides is 1. The van der Waals surface area contributed by atoms with Gasteiger partial charge < -0.3 is 14.4 Å². The number of carbonyl (C=O) groups excluding carboxylic acids is 1. The summed E-state index contributed by atoms with van der Waals surface area (Å²) >= 11 is 6.85. The average Bonchev–Trinajstić information content (AvgIpc) is 3.17. The summed E-state index contributed by atoms with van der Waals surface area (Å²) in [6, 6.07) is 23.5. The highest BCUT2D eigenvalue weighted by Crippen LogP contribution is 2.40. The largest absolute Gasteiger partial charge is 0.495 e. The van der Waals surface area contributed by atoms with E-state index in [4.69, 9.17) is 21.7 Å². The molecule has 1 heterocycles. The first-order valence-corrected chi connectivity index (χ1v) is 12.7. The summed E-state index contributed by atoms with van der Waals surface area (Å²) in [7, 11) is 1.58. The molecule has 7 heteroatoms. The van der Waals surface area contributed by atoms with Crippen molar-refractivity contribution in [2.24, 2.45) is 0 Å². The summed E-state index contributed by atoms with van der Waals surface area (Å²) in [5.74, 6) is 1.15. The molecular weight excluding hydrogens is 476 g/mol. The Bertz CT molecular complexity index is 1240. The van der Waals surface area contributed by atoms with Gasteiger partial charge in [-0.15, -0.1) is 0 Å². The lowest BCUT2D eigenvalue weighted by Gasteiger charge is -2.22. The molecule has 0 radical (unpaired) electrons. The molecule has 0 spiro atoms. The molecule has 3 aromatic rings. The van der Waals surface area contributed by atoms with Crippen LogP contribution in [0.4, 0.5) is 11.4 Å². The second-order valence-electron chi connectivity index (χ2n) is 7.86. The fraction of sp³-hybridized carbons (Fsp3) is 0.214. The van der Waals surface area contributed by atoms with E-state index in [1.54, 1.807) is 7.11 Å². The Morgan fingerprint density at radius 1 is 0.971 bits per heavy atom. The van der Waals surface area contributed by atoms with Crippen LogP contribution in [0.5, 0.6) is 11.5 Å². The van der Waals surface area contributed by atoms with Crippen molar-refractivity contribution in [3.05, 3.63) is 88.8 Å². The molecular formula is C28H28N2O3S2. The fourth-order valence-electron chi connectivity index (χ4n) is 3.92. The molecule has 0 atom stereocenters. The van der Waals surface area contributed by atoms with Crippen LogP contribution in [0.15, 0.2) is 77.7 Å². The summed E-state index contributed by atoms with van der Waals surface area (Å²) in [6.45, 7) is 6.48. The molecule has 0 bridgehead atoms. The summed E-state index contributed by atoms with van der Waals surface area (Å²) in [5.41, 5.74) is 3.63. The predicted octanol–water partition coefficient (Wildman–Crippen LogP) is 6.53. The van der Waals surface area contributed by atoms with Crippen LogP contribution in [0, 0.1) is 0 Å². The van der Waals surface area contributed by atoms with Crippen molar-refractivity contribution in [2.75, 3.05) is 30.0 Å². The van der Waals surface area contributed by atoms with E-state index in [-0.39, 0.29) is 5.91 Å². The van der Waals surface area contributed by atoms with Gasteiger partial charge in [0.2, 0.25) is 0 Å². The Morgan fingerprint density at radius 3 is 2.40 bits per heavy atom. The minimum absolute atomic E-state index is 0.175. The number of thioether (sulfide) groups is 1. The molecule has 1 saturated heterocycles. The summed E-state index contributed by atoms with van der Waals surface area (Å²) < 4.78 is 12.2. The molecule has 180 valence electrons. The van der Waals surface area contributed by atoms with E-state index in [1.807, 2.05) is 72.8 Å². The van der Waals surface area contributed by atoms with E-state index in [2.05, 4.69) is 24.8 Å². The fourth-order valence-corrected chi connectivity index (χ4v) is 5.19. The number of benzene rings is 3. The molecule has 1 aliphatic heterocycles. The van der Waals surface area contributed by atoms with Gasteiger partial charge in [0.1, 0.15) is 18.1 Å². The van der Waals surface area contributed by atoms with Gasteiger partial charge in [0.25, 0.3) is 5.91 Å². The number of hydrogen-bond donors (Lipinski definition) is 0. The van der Waals surface area contributed by atoms with E-state index in [1.165, 1.54) is 16.7 Å². The SMILES string of the molecule is CCN(CC)c1ccc(/C=C2/SC(=S)N(c3ccccc3OC)C2=O)c(OCc2ccccc2)c1. The third-order valence-electron chi connectivity index (χ3n) is 5.77. The number of nitrogens with zero attached hydrogens (tertiary/aromatic N) is 2. The summed E-state index contributed by atoms with van der Waals surface area (Å²) in [5, 5.41) is 0. The molecule has 1 aliphatic rings. The Hall–Kier alpha value is -3.29. The van der Waals surface area contributed by atoms with Crippen molar-refractivity contribution in [3.8, 4) is 11.5 Å². The maximum Gasteiger partial charge on any atom is 0.270 e. The lowest BCUT2D eigenvalue weighted by atomic mass is 10.1. The van der Waals surface area contributed by atoms with Crippen molar-refractivity contribution in [3.63, 3.8) is 0 Å². The van der Waals surface area contributed by atoms with Crippen LogP contribution in [0.1, 0.15) is 25.0 Å². The van der Waals surface area contributed by atoms with Gasteiger partial charge in [0.05, 0.1) is 17.7 Å². The molecule has 0 aliphatic carbocycles. The van der Waals surface area contributed by atoms with Crippen molar-refractivity contribution in [1.29, 1.82) is 0 Å². The zero-order valence-electron chi connectivity index (χ0n) is 20.1. The number of anilines is 2. The molecule has 0 saturated carbocycles. The van der Waals surface area contributed by atoms with Gasteiger partial charge in [-0.2, -0.15) is 0 Å². The van der Waals surface area contributed by atoms with Crippen molar-refractivity contribution >= 4 is 51.7 Å². The maximum absolute atomic E-state index is 13.4. The number of rotatable bonds is 9. The van der Waals surface area contributed by atoms with E-state index in [0.717, 1.165) is 35.7 Å². The highest BCUT2D eigenvalue weighted by molar-refractivity contribution is 8.27. The zero-order valence-corrected chi connectivity index (χ0v) is 21.7. The maximum atomic E-state index is 13.4. The molecule has 35 heavy (non-hydrogen) atoms. The van der Waals surface area contributed by atoms with Crippen molar-refractivity contribution in [2.45, 2.75) is 20.5 Å². The number of para-hydroxylation sites is 2. The predicted molar refractivity (Wildman–Crippen MR) is 149 cm³/mol. The van der Waals surface area contributed by atoms with Gasteiger partial charge in [0, 0.05) is 30.4 Å². The Morgan fingerprint density at radius 2 is 1.69 bits per heavy atom. The monoisotopic (exact) mass is 504 g/mol. The number of methoxy groups -OCH3 is 1. The molecule has 0 aromatic heterocycles. The van der Waals surface area contributed by atoms with Crippen LogP contribution < -0.4 is 19.3 Å². The number of carbonyl (C=O) groups is 1. The Kier molecular flexibility index (Phi) is 8.10. The van der Waals surface area contributed by atoms with Crippen LogP contribution in [-0.2, 0) is 11.4 Å². The number of thiocarbonyl (C=S) groups is 1. The molecule has 5 nitrogen and oxygen atoms in total. The Labute approximate surface area is 216 Å². The zero-order chi connectivity index (χ0) is 24.8. The highest BCUT2D eigenvalue weighted by atomic mass is 32.2. The quantitative estimate of drug-likeness (QED) is 0.244. The molecule has 1 fully saturated rings. The highest BCUT2D eigenvalue weighted by Gasteiger charge is 2.35. The van der Waals surface area contributed by atoms with Crippen LogP contribution in [0.3, 0.4) is 0 Å². The molecule has 0 N–H and O–H groups in total. The van der Waals surface area contributed by atoms with E-state index < -0.39 is 0 Å². The average molecular weight is 505 g/mol. The topological polar surface area (TPSA) is 42.0 Å². The normalized spacial score (nSPS) is 14.5. The summed E-state index contributed by atoms with van der Waals surface area (Å²) in [4.78, 5) is 17.7. The second kappa shape index (κ2) is 11.4. The third-order valence-corrected chi connectivity index (χ3v) is 7.07. The number of ether oxygens (including phenoxy) is 2. The first kappa shape index (κ1) is 24.8. The molecule has 4 rings (SSSR count). The molecule has 1 amide bonds. The van der Waals surface area contributed by atoms with Crippen molar-refractivity contribution in [1.82, 2.24) is 0 Å². The lowest BCUT2D eigenvalue weighted by Crippen LogP contribution is -2.27. The van der Waals surface area contributed by atoms with Gasteiger partial charge in [-0.1, -0.05) is 66.4 Å². The van der Waals surface area contributed by atoms with Gasteiger partial charge in [-0.05, 0) is 49.8 Å². The third kappa shape index (κ3) is 5.52. The van der Waals surface area contributed by atoms with Gasteiger partial charge in [-0.3, -0.25) is 9.69 Å². The molecule has 3 aromatic carbocycles. The van der Waals surface area contributed by atoms with Crippen LogP contribution in [0.2, 0.25) is 0 Å². The van der Waals surface area contributed by atoms with Crippen LogP contribution >= 0.6 is 24.0 Å².